The Morgan fingerprint density at radius 1 is 1.35 bits per heavy atom. The van der Waals surface area contributed by atoms with Crippen molar-refractivity contribution in [3.63, 3.8) is 0 Å². The van der Waals surface area contributed by atoms with Gasteiger partial charge < -0.3 is 20.9 Å². The average molecular weight is 235 g/mol. The van der Waals surface area contributed by atoms with E-state index in [9.17, 15) is 4.79 Å². The van der Waals surface area contributed by atoms with Gasteiger partial charge in [-0.1, -0.05) is 18.2 Å². The summed E-state index contributed by atoms with van der Waals surface area (Å²) < 4.78 is 0. The predicted molar refractivity (Wildman–Crippen MR) is 62.8 cm³/mol. The number of aliphatic carboxylic acids is 1. The summed E-state index contributed by atoms with van der Waals surface area (Å²) in [5.74, 6) is -1.02. The van der Waals surface area contributed by atoms with Crippen LogP contribution in [0.15, 0.2) is 18.2 Å². The quantitative estimate of drug-likeness (QED) is 0.474. The fourth-order valence-corrected chi connectivity index (χ4v) is 2.18. The van der Waals surface area contributed by atoms with Crippen molar-refractivity contribution in [2.45, 2.75) is 24.8 Å². The summed E-state index contributed by atoms with van der Waals surface area (Å²) >= 11 is 0. The molecule has 90 valence electrons. The maximum atomic E-state index is 11.1. The summed E-state index contributed by atoms with van der Waals surface area (Å²) in [6, 6.07) is 5.04. The first-order valence-corrected chi connectivity index (χ1v) is 5.42. The third kappa shape index (κ3) is 2.19. The predicted octanol–water partition coefficient (Wildman–Crippen LogP) is -1.36. The van der Waals surface area contributed by atoms with E-state index in [2.05, 4.69) is 0 Å². The van der Waals surface area contributed by atoms with Gasteiger partial charge in [-0.15, -0.1) is 0 Å². The second-order valence-electron chi connectivity index (χ2n) is 4.54. The molecular formula is C11H14BNO4. The molecule has 0 saturated heterocycles. The molecule has 0 radical (unpaired) electrons. The maximum absolute atomic E-state index is 11.1. The molecule has 17 heavy (non-hydrogen) atoms. The Balaban J connectivity index is 2.36. The maximum Gasteiger partial charge on any atom is 0.488 e. The van der Waals surface area contributed by atoms with Crippen LogP contribution in [0.5, 0.6) is 0 Å². The van der Waals surface area contributed by atoms with Gasteiger partial charge in [0, 0.05) is 6.42 Å². The summed E-state index contributed by atoms with van der Waals surface area (Å²) in [5.41, 5.74) is 6.74. The number of carboxylic acids is 1. The highest BCUT2D eigenvalue weighted by molar-refractivity contribution is 6.58. The number of carbonyl (C=O) groups is 1. The largest absolute Gasteiger partial charge is 0.488 e. The molecule has 1 aliphatic carbocycles. The van der Waals surface area contributed by atoms with Gasteiger partial charge in [-0.2, -0.15) is 0 Å². The van der Waals surface area contributed by atoms with Gasteiger partial charge in [0.05, 0.1) is 0 Å². The van der Waals surface area contributed by atoms with Crippen LogP contribution in [-0.4, -0.2) is 33.8 Å². The van der Waals surface area contributed by atoms with Crippen LogP contribution in [0.25, 0.3) is 0 Å². The molecule has 5 nitrogen and oxygen atoms in total. The molecule has 0 amide bonds. The van der Waals surface area contributed by atoms with Crippen molar-refractivity contribution in [1.82, 2.24) is 0 Å². The van der Waals surface area contributed by atoms with E-state index in [1.165, 1.54) is 0 Å². The molecular weight excluding hydrogens is 221 g/mol. The number of hydrogen-bond acceptors (Lipinski definition) is 4. The molecule has 0 saturated carbocycles. The smallest absolute Gasteiger partial charge is 0.480 e. The van der Waals surface area contributed by atoms with Crippen LogP contribution in [0.1, 0.15) is 17.5 Å². The Hall–Kier alpha value is -1.37. The number of rotatable bonds is 2. The molecule has 0 aromatic heterocycles. The molecule has 1 aromatic rings. The van der Waals surface area contributed by atoms with Crippen molar-refractivity contribution >= 4 is 18.6 Å². The SMILES string of the molecule is NC1(C(=O)O)CCc2ccc(B(O)O)cc2C1. The zero-order chi connectivity index (χ0) is 12.6. The van der Waals surface area contributed by atoms with Gasteiger partial charge in [0.1, 0.15) is 5.54 Å². The number of nitrogens with two attached hydrogens (primary N) is 1. The lowest BCUT2D eigenvalue weighted by Gasteiger charge is -2.31. The number of carboxylic acid groups (broad SMARTS) is 1. The molecule has 1 aliphatic rings. The van der Waals surface area contributed by atoms with E-state index >= 15 is 0 Å². The Kier molecular flexibility index (Phi) is 2.95. The van der Waals surface area contributed by atoms with E-state index in [-0.39, 0.29) is 6.42 Å². The molecule has 0 bridgehead atoms. The molecule has 0 heterocycles. The standard InChI is InChI=1S/C11H14BNO4/c13-11(10(14)15)4-3-7-1-2-9(12(16)17)5-8(7)6-11/h1-2,5,16-17H,3-4,6,13H2,(H,14,15). The highest BCUT2D eigenvalue weighted by Crippen LogP contribution is 2.26. The lowest BCUT2D eigenvalue weighted by Crippen LogP contribution is -2.52. The van der Waals surface area contributed by atoms with Gasteiger partial charge >= 0.3 is 13.1 Å². The zero-order valence-electron chi connectivity index (χ0n) is 9.26. The summed E-state index contributed by atoms with van der Waals surface area (Å²) in [7, 11) is -1.54. The van der Waals surface area contributed by atoms with Gasteiger partial charge in [0.15, 0.2) is 0 Å². The minimum absolute atomic E-state index is 0.220. The fourth-order valence-electron chi connectivity index (χ4n) is 2.18. The van der Waals surface area contributed by atoms with Crippen LogP contribution in [0.3, 0.4) is 0 Å². The van der Waals surface area contributed by atoms with Crippen LogP contribution >= 0.6 is 0 Å². The average Bonchev–Trinajstić information content (AvgIpc) is 2.27. The molecule has 5 N–H and O–H groups in total. The van der Waals surface area contributed by atoms with Crippen LogP contribution in [0.4, 0.5) is 0 Å². The minimum atomic E-state index is -1.54. The first-order valence-electron chi connectivity index (χ1n) is 5.42. The van der Waals surface area contributed by atoms with Crippen LogP contribution in [0.2, 0.25) is 0 Å². The van der Waals surface area contributed by atoms with Crippen LogP contribution in [0, 0.1) is 0 Å². The third-order valence-corrected chi connectivity index (χ3v) is 3.30. The van der Waals surface area contributed by atoms with Crippen molar-refractivity contribution in [3.05, 3.63) is 29.3 Å². The van der Waals surface area contributed by atoms with Gasteiger partial charge in [0.25, 0.3) is 0 Å². The Morgan fingerprint density at radius 2 is 2.06 bits per heavy atom. The molecule has 1 unspecified atom stereocenters. The Bertz CT molecular complexity index is 463. The van der Waals surface area contributed by atoms with Gasteiger partial charge in [-0.25, -0.2) is 0 Å². The topological polar surface area (TPSA) is 104 Å². The number of hydrogen-bond donors (Lipinski definition) is 4. The van der Waals surface area contributed by atoms with E-state index in [0.717, 1.165) is 11.1 Å². The first-order chi connectivity index (χ1) is 7.92. The highest BCUT2D eigenvalue weighted by Gasteiger charge is 2.37. The summed E-state index contributed by atoms with van der Waals surface area (Å²) in [5, 5.41) is 27.2. The van der Waals surface area contributed by atoms with Crippen molar-refractivity contribution in [2.24, 2.45) is 5.73 Å². The van der Waals surface area contributed by atoms with Gasteiger partial charge in [-0.05, 0) is 29.4 Å². The molecule has 1 aromatic carbocycles. The Labute approximate surface area is 99.0 Å². The summed E-state index contributed by atoms with van der Waals surface area (Å²) in [4.78, 5) is 11.1. The molecule has 6 heteroatoms. The van der Waals surface area contributed by atoms with Crippen molar-refractivity contribution in [1.29, 1.82) is 0 Å². The van der Waals surface area contributed by atoms with Gasteiger partial charge in [0.2, 0.25) is 0 Å². The lowest BCUT2D eigenvalue weighted by atomic mass is 9.73. The van der Waals surface area contributed by atoms with E-state index in [1.807, 2.05) is 0 Å². The highest BCUT2D eigenvalue weighted by atomic mass is 16.4. The number of benzene rings is 1. The fraction of sp³-hybridized carbons (Fsp3) is 0.364. The van der Waals surface area contributed by atoms with Gasteiger partial charge in [-0.3, -0.25) is 4.79 Å². The summed E-state index contributed by atoms with van der Waals surface area (Å²) in [6.45, 7) is 0. The summed E-state index contributed by atoms with van der Waals surface area (Å²) in [6.07, 6.45) is 1.22. The van der Waals surface area contributed by atoms with Crippen molar-refractivity contribution < 1.29 is 19.9 Å². The number of fused-ring (bicyclic) bond motifs is 1. The second kappa shape index (κ2) is 4.14. The monoisotopic (exact) mass is 235 g/mol. The zero-order valence-corrected chi connectivity index (χ0v) is 9.26. The lowest BCUT2D eigenvalue weighted by molar-refractivity contribution is -0.143. The van der Waals surface area contributed by atoms with E-state index in [1.54, 1.807) is 18.2 Å². The van der Waals surface area contributed by atoms with Crippen LogP contribution < -0.4 is 11.2 Å². The molecule has 0 aliphatic heterocycles. The third-order valence-electron chi connectivity index (χ3n) is 3.30. The molecule has 0 spiro atoms. The first kappa shape index (κ1) is 12.1. The Morgan fingerprint density at radius 3 is 2.65 bits per heavy atom. The van der Waals surface area contributed by atoms with E-state index in [4.69, 9.17) is 20.9 Å². The number of aryl methyl sites for hydroxylation is 1. The van der Waals surface area contributed by atoms with E-state index < -0.39 is 18.6 Å². The van der Waals surface area contributed by atoms with Crippen LogP contribution in [-0.2, 0) is 17.6 Å². The van der Waals surface area contributed by atoms with Crippen molar-refractivity contribution in [2.75, 3.05) is 0 Å². The molecule has 2 rings (SSSR count). The normalized spacial score (nSPS) is 23.0. The molecule has 1 atom stereocenters. The second-order valence-corrected chi connectivity index (χ2v) is 4.54. The van der Waals surface area contributed by atoms with Crippen molar-refractivity contribution in [3.8, 4) is 0 Å². The van der Waals surface area contributed by atoms with E-state index in [0.29, 0.717) is 18.3 Å². The minimum Gasteiger partial charge on any atom is -0.480 e. The molecule has 0 fully saturated rings.